The minimum absolute atomic E-state index is 0.0226. The summed E-state index contributed by atoms with van der Waals surface area (Å²) < 4.78 is 0.909. The number of benzene rings is 1. The number of carbonyl (C=O) groups excluding carboxylic acids is 1. The van der Waals surface area contributed by atoms with Crippen molar-refractivity contribution in [3.8, 4) is 0 Å². The van der Waals surface area contributed by atoms with Crippen molar-refractivity contribution in [3.05, 3.63) is 64.4 Å². The summed E-state index contributed by atoms with van der Waals surface area (Å²) in [4.78, 5) is 18.4. The van der Waals surface area contributed by atoms with Crippen LogP contribution in [-0.4, -0.2) is 22.3 Å². The molecule has 0 saturated heterocycles. The molecule has 2 aromatic rings. The summed E-state index contributed by atoms with van der Waals surface area (Å²) in [5, 5.41) is 0. The number of hydrogen-bond donors (Lipinski definition) is 0. The summed E-state index contributed by atoms with van der Waals surface area (Å²) in [5.74, 6) is 0.0226. The lowest BCUT2D eigenvalue weighted by Crippen LogP contribution is -2.30. The van der Waals surface area contributed by atoms with Gasteiger partial charge in [0.05, 0.1) is 12.2 Å². The molecule has 0 N–H and O–H groups in total. The Bertz CT molecular complexity index is 557. The van der Waals surface area contributed by atoms with E-state index in [-0.39, 0.29) is 5.91 Å². The van der Waals surface area contributed by atoms with E-state index in [9.17, 15) is 4.79 Å². The van der Waals surface area contributed by atoms with Gasteiger partial charge in [-0.3, -0.25) is 9.78 Å². The van der Waals surface area contributed by atoms with Crippen LogP contribution in [0.1, 0.15) is 23.0 Å². The molecule has 2 rings (SSSR count). The fraction of sp³-hybridized carbons (Fsp3) is 0.200. The van der Waals surface area contributed by atoms with Gasteiger partial charge in [-0.15, -0.1) is 0 Å². The number of carbonyl (C=O) groups is 1. The van der Waals surface area contributed by atoms with Gasteiger partial charge < -0.3 is 4.90 Å². The minimum Gasteiger partial charge on any atom is -0.333 e. The number of nitrogens with zero attached hydrogens (tertiary/aromatic N) is 2. The Morgan fingerprint density at radius 1 is 1.26 bits per heavy atom. The molecule has 0 unspecified atom stereocenters. The van der Waals surface area contributed by atoms with Crippen molar-refractivity contribution < 1.29 is 4.79 Å². The van der Waals surface area contributed by atoms with E-state index in [4.69, 9.17) is 0 Å². The highest BCUT2D eigenvalue weighted by Crippen LogP contribution is 2.14. The molecule has 0 spiro atoms. The predicted octanol–water partition coefficient (Wildman–Crippen LogP) is 3.51. The molecule has 0 aliphatic carbocycles. The zero-order valence-electron chi connectivity index (χ0n) is 10.7. The maximum Gasteiger partial charge on any atom is 0.254 e. The smallest absolute Gasteiger partial charge is 0.254 e. The van der Waals surface area contributed by atoms with Gasteiger partial charge in [-0.25, -0.2) is 0 Å². The lowest BCUT2D eigenvalue weighted by Gasteiger charge is -2.20. The largest absolute Gasteiger partial charge is 0.333 e. The second-order valence-corrected chi connectivity index (χ2v) is 5.07. The van der Waals surface area contributed by atoms with Gasteiger partial charge in [-0.05, 0) is 37.3 Å². The Morgan fingerprint density at radius 3 is 2.74 bits per heavy atom. The van der Waals surface area contributed by atoms with Crippen LogP contribution in [0.15, 0.2) is 53.1 Å². The highest BCUT2D eigenvalue weighted by Gasteiger charge is 2.14. The summed E-state index contributed by atoms with van der Waals surface area (Å²) in [7, 11) is 0. The van der Waals surface area contributed by atoms with Crippen molar-refractivity contribution in [3.63, 3.8) is 0 Å². The molecule has 0 aliphatic heterocycles. The van der Waals surface area contributed by atoms with Crippen LogP contribution in [0.2, 0.25) is 0 Å². The van der Waals surface area contributed by atoms with Crippen molar-refractivity contribution in [1.82, 2.24) is 9.88 Å². The monoisotopic (exact) mass is 318 g/mol. The molecule has 0 aliphatic rings. The number of rotatable bonds is 4. The topological polar surface area (TPSA) is 33.2 Å². The molecule has 0 saturated carbocycles. The second kappa shape index (κ2) is 6.48. The fourth-order valence-electron chi connectivity index (χ4n) is 1.82. The highest BCUT2D eigenvalue weighted by molar-refractivity contribution is 9.10. The van der Waals surface area contributed by atoms with Gasteiger partial charge in [0.15, 0.2) is 0 Å². The van der Waals surface area contributed by atoms with Crippen LogP contribution in [0.25, 0.3) is 0 Å². The van der Waals surface area contributed by atoms with E-state index >= 15 is 0 Å². The number of amides is 1. The van der Waals surface area contributed by atoms with Gasteiger partial charge in [0.1, 0.15) is 0 Å². The molecule has 4 heteroatoms. The zero-order valence-corrected chi connectivity index (χ0v) is 12.3. The molecule has 0 radical (unpaired) electrons. The van der Waals surface area contributed by atoms with Gasteiger partial charge in [-0.1, -0.05) is 28.1 Å². The van der Waals surface area contributed by atoms with Crippen LogP contribution in [0, 0.1) is 0 Å². The van der Waals surface area contributed by atoms with E-state index in [1.807, 2.05) is 49.4 Å². The summed E-state index contributed by atoms with van der Waals surface area (Å²) in [6.07, 6.45) is 1.74. The Hall–Kier alpha value is -1.68. The van der Waals surface area contributed by atoms with E-state index in [2.05, 4.69) is 20.9 Å². The average molecular weight is 319 g/mol. The first kappa shape index (κ1) is 13.7. The maximum absolute atomic E-state index is 12.4. The molecule has 1 aromatic heterocycles. The first-order chi connectivity index (χ1) is 9.20. The Morgan fingerprint density at radius 2 is 2.11 bits per heavy atom. The van der Waals surface area contributed by atoms with Crippen LogP contribution >= 0.6 is 15.9 Å². The van der Waals surface area contributed by atoms with Crippen molar-refractivity contribution in [2.75, 3.05) is 6.54 Å². The third kappa shape index (κ3) is 3.64. The van der Waals surface area contributed by atoms with Crippen LogP contribution in [0.4, 0.5) is 0 Å². The number of hydrogen-bond acceptors (Lipinski definition) is 2. The molecule has 0 fully saturated rings. The summed E-state index contributed by atoms with van der Waals surface area (Å²) in [6, 6.07) is 13.2. The van der Waals surface area contributed by atoms with E-state index < -0.39 is 0 Å². The van der Waals surface area contributed by atoms with Gasteiger partial charge in [0.2, 0.25) is 0 Å². The molecule has 98 valence electrons. The summed E-state index contributed by atoms with van der Waals surface area (Å²) >= 11 is 3.39. The third-order valence-electron chi connectivity index (χ3n) is 2.82. The molecule has 19 heavy (non-hydrogen) atoms. The number of pyridine rings is 1. The molecule has 0 bridgehead atoms. The summed E-state index contributed by atoms with van der Waals surface area (Å²) in [5.41, 5.74) is 1.58. The Kier molecular flexibility index (Phi) is 4.68. The van der Waals surface area contributed by atoms with Crippen molar-refractivity contribution in [1.29, 1.82) is 0 Å². The normalized spacial score (nSPS) is 10.2. The van der Waals surface area contributed by atoms with E-state index in [0.29, 0.717) is 18.7 Å². The zero-order chi connectivity index (χ0) is 13.7. The molecule has 1 heterocycles. The lowest BCUT2D eigenvalue weighted by molar-refractivity contribution is 0.0750. The van der Waals surface area contributed by atoms with Crippen LogP contribution in [-0.2, 0) is 6.54 Å². The quantitative estimate of drug-likeness (QED) is 0.864. The number of halogens is 1. The Labute approximate surface area is 121 Å². The first-order valence-corrected chi connectivity index (χ1v) is 6.94. The predicted molar refractivity (Wildman–Crippen MR) is 78.8 cm³/mol. The van der Waals surface area contributed by atoms with Gasteiger partial charge >= 0.3 is 0 Å². The molecular weight excluding hydrogens is 304 g/mol. The second-order valence-electron chi connectivity index (χ2n) is 4.15. The van der Waals surface area contributed by atoms with Gasteiger partial charge in [-0.2, -0.15) is 0 Å². The Balaban J connectivity index is 2.16. The third-order valence-corrected chi connectivity index (χ3v) is 3.31. The summed E-state index contributed by atoms with van der Waals surface area (Å²) in [6.45, 7) is 3.16. The lowest BCUT2D eigenvalue weighted by atomic mass is 10.2. The first-order valence-electron chi connectivity index (χ1n) is 6.15. The van der Waals surface area contributed by atoms with Crippen LogP contribution in [0.5, 0.6) is 0 Å². The number of aromatic nitrogens is 1. The standard InChI is InChI=1S/C15H15BrN2O/c1-2-18(11-14-8-3-4-9-17-14)15(19)12-6-5-7-13(16)10-12/h3-10H,2,11H2,1H3. The molecule has 1 aromatic carbocycles. The molecule has 3 nitrogen and oxygen atoms in total. The maximum atomic E-state index is 12.4. The SMILES string of the molecule is CCN(Cc1ccccn1)C(=O)c1cccc(Br)c1. The van der Waals surface area contributed by atoms with Crippen LogP contribution < -0.4 is 0 Å². The average Bonchev–Trinajstić information content (AvgIpc) is 2.45. The molecule has 1 amide bonds. The minimum atomic E-state index is 0.0226. The van der Waals surface area contributed by atoms with Crippen molar-refractivity contribution >= 4 is 21.8 Å². The molecule has 0 atom stereocenters. The molecular formula is C15H15BrN2O. The fourth-order valence-corrected chi connectivity index (χ4v) is 2.22. The van der Waals surface area contributed by atoms with Crippen molar-refractivity contribution in [2.45, 2.75) is 13.5 Å². The van der Waals surface area contributed by atoms with E-state index in [0.717, 1.165) is 10.2 Å². The van der Waals surface area contributed by atoms with Gasteiger partial charge in [0, 0.05) is 22.8 Å². The van der Waals surface area contributed by atoms with E-state index in [1.165, 1.54) is 0 Å². The van der Waals surface area contributed by atoms with Crippen LogP contribution in [0.3, 0.4) is 0 Å². The highest BCUT2D eigenvalue weighted by atomic mass is 79.9. The van der Waals surface area contributed by atoms with Gasteiger partial charge in [0.25, 0.3) is 5.91 Å². The van der Waals surface area contributed by atoms with E-state index in [1.54, 1.807) is 11.1 Å². The van der Waals surface area contributed by atoms with Crippen molar-refractivity contribution in [2.24, 2.45) is 0 Å².